The molecular weight excluding hydrogens is 486 g/mol. The van der Waals surface area contributed by atoms with E-state index in [9.17, 15) is 4.79 Å². The molecule has 1 unspecified atom stereocenters. The summed E-state index contributed by atoms with van der Waals surface area (Å²) in [4.78, 5) is 20.0. The average Bonchev–Trinajstić information content (AvgIpc) is 3.53. The molecule has 0 spiro atoms. The first-order valence-corrected chi connectivity index (χ1v) is 13.8. The minimum absolute atomic E-state index is 0.0217. The molecule has 6 rings (SSSR count). The third-order valence-electron chi connectivity index (χ3n) is 7.40. The van der Waals surface area contributed by atoms with Crippen molar-refractivity contribution in [2.24, 2.45) is 0 Å². The van der Waals surface area contributed by atoms with Gasteiger partial charge in [-0.1, -0.05) is 54.6 Å². The molecule has 1 amide bonds. The highest BCUT2D eigenvalue weighted by molar-refractivity contribution is 5.98. The van der Waals surface area contributed by atoms with Crippen LogP contribution in [0.1, 0.15) is 37.9 Å². The summed E-state index contributed by atoms with van der Waals surface area (Å²) < 4.78 is 14.2. The zero-order valence-electron chi connectivity index (χ0n) is 22.3. The lowest BCUT2D eigenvalue weighted by Gasteiger charge is -2.20. The average molecular weight is 520 g/mol. The topological polar surface area (TPSA) is 56.6 Å². The van der Waals surface area contributed by atoms with Crippen molar-refractivity contribution in [2.45, 2.75) is 38.6 Å². The molecule has 0 radical (unpaired) electrons. The van der Waals surface area contributed by atoms with Crippen LogP contribution in [0.5, 0.6) is 11.5 Å². The summed E-state index contributed by atoms with van der Waals surface area (Å²) in [6.45, 7) is 4.60. The van der Waals surface area contributed by atoms with Crippen molar-refractivity contribution >= 4 is 33.4 Å². The van der Waals surface area contributed by atoms with Crippen molar-refractivity contribution in [2.75, 3.05) is 24.7 Å². The van der Waals surface area contributed by atoms with Crippen LogP contribution in [-0.2, 0) is 11.3 Å². The number of para-hydroxylation sites is 4. The molecule has 39 heavy (non-hydrogen) atoms. The third-order valence-corrected chi connectivity index (χ3v) is 7.40. The number of carbonyl (C=O) groups excluding carboxylic acids is 1. The number of imidazole rings is 1. The van der Waals surface area contributed by atoms with Crippen LogP contribution >= 0.6 is 0 Å². The van der Waals surface area contributed by atoms with Gasteiger partial charge in [-0.15, -0.1) is 0 Å². The number of nitrogens with zero attached hydrogens (tertiary/aromatic N) is 3. The number of rotatable bonds is 10. The lowest BCUT2D eigenvalue weighted by Crippen LogP contribution is -2.25. The zero-order chi connectivity index (χ0) is 26.6. The number of unbranched alkanes of at least 4 members (excludes halogenated alkanes) is 1. The van der Waals surface area contributed by atoms with Gasteiger partial charge in [-0.3, -0.25) is 4.79 Å². The Bertz CT molecular complexity index is 1610. The smallest absolute Gasteiger partial charge is 0.227 e. The van der Waals surface area contributed by atoms with Gasteiger partial charge in [-0.25, -0.2) is 4.98 Å². The molecule has 1 aliphatic heterocycles. The number of hydrogen-bond donors (Lipinski definition) is 0. The number of carbonyl (C=O) groups is 1. The quantitative estimate of drug-likeness (QED) is 0.187. The van der Waals surface area contributed by atoms with Crippen molar-refractivity contribution in [3.63, 3.8) is 0 Å². The molecule has 1 saturated heterocycles. The molecule has 0 N–H and O–H groups in total. The van der Waals surface area contributed by atoms with Gasteiger partial charge in [0.15, 0.2) is 0 Å². The second-order valence-corrected chi connectivity index (χ2v) is 9.98. The number of fused-ring (bicyclic) bond motifs is 2. The van der Waals surface area contributed by atoms with Gasteiger partial charge in [0.2, 0.25) is 5.91 Å². The second-order valence-electron chi connectivity index (χ2n) is 9.98. The Kier molecular flexibility index (Phi) is 7.17. The largest absolute Gasteiger partial charge is 0.494 e. The molecule has 1 atom stereocenters. The zero-order valence-corrected chi connectivity index (χ0v) is 22.3. The Balaban J connectivity index is 1.15. The summed E-state index contributed by atoms with van der Waals surface area (Å²) in [5.74, 6) is 2.76. The van der Waals surface area contributed by atoms with Crippen LogP contribution in [0.2, 0.25) is 0 Å². The van der Waals surface area contributed by atoms with Crippen molar-refractivity contribution in [1.82, 2.24) is 9.55 Å². The first-order valence-electron chi connectivity index (χ1n) is 13.8. The molecule has 0 saturated carbocycles. The standard InChI is InChI=1S/C33H33N3O3/c1-2-38-31-16-8-7-15-30(31)36-23-26(22-32(36)37)33-34-28-13-5-6-14-29(28)35(33)19-9-10-20-39-27-18-17-24-11-3-4-12-25(24)21-27/h3-8,11-18,21,26H,2,9-10,19-20,22-23H2,1H3. The van der Waals surface area contributed by atoms with E-state index in [0.717, 1.165) is 53.4 Å². The molecule has 2 heterocycles. The molecule has 1 fully saturated rings. The predicted octanol–water partition coefficient (Wildman–Crippen LogP) is 6.97. The van der Waals surface area contributed by atoms with Gasteiger partial charge >= 0.3 is 0 Å². The van der Waals surface area contributed by atoms with E-state index in [2.05, 4.69) is 53.1 Å². The molecule has 5 aromatic rings. The van der Waals surface area contributed by atoms with Crippen LogP contribution in [-0.4, -0.2) is 35.2 Å². The Morgan fingerprint density at radius 1 is 0.872 bits per heavy atom. The van der Waals surface area contributed by atoms with Crippen molar-refractivity contribution in [3.8, 4) is 11.5 Å². The summed E-state index contributed by atoms with van der Waals surface area (Å²) in [6.07, 6.45) is 2.32. The predicted molar refractivity (Wildman–Crippen MR) is 156 cm³/mol. The highest BCUT2D eigenvalue weighted by Crippen LogP contribution is 2.37. The molecular formula is C33H33N3O3. The lowest BCUT2D eigenvalue weighted by atomic mass is 10.1. The van der Waals surface area contributed by atoms with E-state index >= 15 is 0 Å². The van der Waals surface area contributed by atoms with E-state index < -0.39 is 0 Å². The molecule has 0 aliphatic carbocycles. The van der Waals surface area contributed by atoms with E-state index in [-0.39, 0.29) is 11.8 Å². The summed E-state index contributed by atoms with van der Waals surface area (Å²) in [7, 11) is 0. The van der Waals surface area contributed by atoms with Crippen molar-refractivity contribution in [3.05, 3.63) is 96.8 Å². The number of ether oxygens (including phenoxy) is 2. The minimum Gasteiger partial charge on any atom is -0.494 e. The molecule has 4 aromatic carbocycles. The highest BCUT2D eigenvalue weighted by Gasteiger charge is 2.35. The van der Waals surface area contributed by atoms with Crippen LogP contribution in [0.3, 0.4) is 0 Å². The normalized spacial score (nSPS) is 15.4. The van der Waals surface area contributed by atoms with Gasteiger partial charge in [0.05, 0.1) is 29.9 Å². The Labute approximate surface area is 228 Å². The SMILES string of the molecule is CCOc1ccccc1N1CC(c2nc3ccccc3n2CCCCOc2ccc3ccccc3c2)CC1=O. The molecule has 0 bridgehead atoms. The maximum Gasteiger partial charge on any atom is 0.227 e. The minimum atomic E-state index is 0.0217. The van der Waals surface area contributed by atoms with Gasteiger partial charge < -0.3 is 18.9 Å². The number of benzene rings is 4. The summed E-state index contributed by atoms with van der Waals surface area (Å²) in [5, 5.41) is 2.41. The summed E-state index contributed by atoms with van der Waals surface area (Å²) >= 11 is 0. The van der Waals surface area contributed by atoms with Crippen LogP contribution in [0.4, 0.5) is 5.69 Å². The van der Waals surface area contributed by atoms with Crippen LogP contribution in [0, 0.1) is 0 Å². The summed E-state index contributed by atoms with van der Waals surface area (Å²) in [6, 6.07) is 30.6. The Morgan fingerprint density at radius 2 is 1.67 bits per heavy atom. The maximum atomic E-state index is 13.2. The molecule has 1 aromatic heterocycles. The highest BCUT2D eigenvalue weighted by atomic mass is 16.5. The van der Waals surface area contributed by atoms with Crippen LogP contribution in [0.15, 0.2) is 91.0 Å². The molecule has 6 heteroatoms. The fraction of sp³-hybridized carbons (Fsp3) is 0.273. The molecule has 1 aliphatic rings. The monoisotopic (exact) mass is 519 g/mol. The third kappa shape index (κ3) is 5.19. The Morgan fingerprint density at radius 3 is 2.56 bits per heavy atom. The second kappa shape index (κ2) is 11.2. The number of anilines is 1. The first kappa shape index (κ1) is 25.0. The molecule has 198 valence electrons. The fourth-order valence-electron chi connectivity index (χ4n) is 5.53. The van der Waals surface area contributed by atoms with Crippen LogP contribution in [0.25, 0.3) is 21.8 Å². The number of hydrogen-bond acceptors (Lipinski definition) is 4. The number of amides is 1. The van der Waals surface area contributed by atoms with Gasteiger partial charge in [0.1, 0.15) is 17.3 Å². The van der Waals surface area contributed by atoms with Gasteiger partial charge in [0, 0.05) is 25.4 Å². The fourth-order valence-corrected chi connectivity index (χ4v) is 5.53. The first-order chi connectivity index (χ1) is 19.2. The van der Waals surface area contributed by atoms with Gasteiger partial charge in [-0.05, 0) is 66.9 Å². The van der Waals surface area contributed by atoms with E-state index in [1.165, 1.54) is 10.8 Å². The van der Waals surface area contributed by atoms with Crippen molar-refractivity contribution in [1.29, 1.82) is 0 Å². The van der Waals surface area contributed by atoms with Gasteiger partial charge in [-0.2, -0.15) is 0 Å². The number of aromatic nitrogens is 2. The maximum absolute atomic E-state index is 13.2. The number of aryl methyl sites for hydroxylation is 1. The van der Waals surface area contributed by atoms with Gasteiger partial charge in [0.25, 0.3) is 0 Å². The van der Waals surface area contributed by atoms with E-state index in [4.69, 9.17) is 14.5 Å². The Hall–Kier alpha value is -4.32. The van der Waals surface area contributed by atoms with Crippen LogP contribution < -0.4 is 14.4 Å². The van der Waals surface area contributed by atoms with E-state index in [1.807, 2.05) is 54.3 Å². The van der Waals surface area contributed by atoms with E-state index in [0.29, 0.717) is 26.2 Å². The van der Waals surface area contributed by atoms with E-state index in [1.54, 1.807) is 0 Å². The van der Waals surface area contributed by atoms with Crippen molar-refractivity contribution < 1.29 is 14.3 Å². The summed E-state index contributed by atoms with van der Waals surface area (Å²) in [5.41, 5.74) is 2.92. The lowest BCUT2D eigenvalue weighted by molar-refractivity contribution is -0.117. The molecule has 6 nitrogen and oxygen atoms in total.